The lowest BCUT2D eigenvalue weighted by atomic mass is 10.1. The maximum absolute atomic E-state index is 5.75. The second-order valence-corrected chi connectivity index (χ2v) is 5.73. The zero-order valence-electron chi connectivity index (χ0n) is 12.9. The molecule has 2 aromatic carbocycles. The molecule has 1 aliphatic heterocycles. The third kappa shape index (κ3) is 4.18. The van der Waals surface area contributed by atoms with Gasteiger partial charge in [0, 0.05) is 30.5 Å². The minimum absolute atomic E-state index is 0.730. The normalized spacial score (nSPS) is 15.3. The Bertz CT molecular complexity index is 664. The Balaban J connectivity index is 1.85. The molecular formula is C19H20N2OS. The van der Waals surface area contributed by atoms with Gasteiger partial charge < -0.3 is 15.0 Å². The number of thiocarbonyl (C=S) groups is 1. The molecule has 1 heterocycles. The largest absolute Gasteiger partial charge is 0.378 e. The maximum atomic E-state index is 5.75. The van der Waals surface area contributed by atoms with Crippen molar-refractivity contribution in [3.05, 3.63) is 72.4 Å². The molecule has 0 amide bonds. The van der Waals surface area contributed by atoms with Crippen LogP contribution in [0.25, 0.3) is 5.57 Å². The van der Waals surface area contributed by atoms with Crippen LogP contribution in [0.2, 0.25) is 0 Å². The smallest absolute Gasteiger partial charge is 0.111 e. The second kappa shape index (κ2) is 7.90. The average Bonchev–Trinajstić information content (AvgIpc) is 2.64. The van der Waals surface area contributed by atoms with Crippen LogP contribution in [0.4, 0.5) is 5.69 Å². The van der Waals surface area contributed by atoms with E-state index in [4.69, 9.17) is 17.0 Å². The molecule has 1 N–H and O–H groups in total. The van der Waals surface area contributed by atoms with Crippen LogP contribution in [-0.2, 0) is 4.74 Å². The van der Waals surface area contributed by atoms with Gasteiger partial charge in [-0.3, -0.25) is 0 Å². The fraction of sp³-hybridized carbons (Fsp3) is 0.211. The zero-order valence-corrected chi connectivity index (χ0v) is 13.8. The van der Waals surface area contributed by atoms with Crippen molar-refractivity contribution in [2.24, 2.45) is 0 Å². The molecular weight excluding hydrogens is 304 g/mol. The number of morpholine rings is 1. The Morgan fingerprint density at radius 1 is 0.957 bits per heavy atom. The highest BCUT2D eigenvalue weighted by Gasteiger charge is 2.18. The van der Waals surface area contributed by atoms with Gasteiger partial charge in [-0.2, -0.15) is 0 Å². The first-order valence-corrected chi connectivity index (χ1v) is 8.19. The first-order chi connectivity index (χ1) is 11.3. The van der Waals surface area contributed by atoms with Crippen molar-refractivity contribution in [3.8, 4) is 0 Å². The fourth-order valence-corrected chi connectivity index (χ4v) is 2.87. The van der Waals surface area contributed by atoms with E-state index in [9.17, 15) is 0 Å². The molecule has 3 nitrogen and oxygen atoms in total. The minimum atomic E-state index is 0.730. The van der Waals surface area contributed by atoms with Gasteiger partial charge in [-0.25, -0.2) is 0 Å². The molecule has 0 spiro atoms. The third-order valence-corrected chi connectivity index (χ3v) is 4.25. The van der Waals surface area contributed by atoms with Crippen molar-refractivity contribution < 1.29 is 4.74 Å². The van der Waals surface area contributed by atoms with Gasteiger partial charge >= 0.3 is 0 Å². The summed E-state index contributed by atoms with van der Waals surface area (Å²) in [6.45, 7) is 3.14. The molecule has 0 unspecified atom stereocenters. The molecule has 0 bridgehead atoms. The Morgan fingerprint density at radius 3 is 2.22 bits per heavy atom. The molecule has 3 rings (SSSR count). The number of rotatable bonds is 4. The second-order valence-electron chi connectivity index (χ2n) is 5.34. The monoisotopic (exact) mass is 324 g/mol. The van der Waals surface area contributed by atoms with Gasteiger partial charge in [0.05, 0.1) is 13.2 Å². The number of nitrogens with zero attached hydrogens (tertiary/aromatic N) is 1. The lowest BCUT2D eigenvalue weighted by Gasteiger charge is -2.30. The van der Waals surface area contributed by atoms with Crippen molar-refractivity contribution in [2.45, 2.75) is 0 Å². The molecule has 4 heteroatoms. The first kappa shape index (κ1) is 15.7. The summed E-state index contributed by atoms with van der Waals surface area (Å²) in [7, 11) is 0. The van der Waals surface area contributed by atoms with Gasteiger partial charge in [-0.1, -0.05) is 60.7 Å². The summed E-state index contributed by atoms with van der Waals surface area (Å²) in [6, 6.07) is 20.4. The van der Waals surface area contributed by atoms with E-state index in [-0.39, 0.29) is 0 Å². The van der Waals surface area contributed by atoms with Crippen LogP contribution in [0.15, 0.2) is 66.9 Å². The van der Waals surface area contributed by atoms with Crippen molar-refractivity contribution >= 4 is 28.5 Å². The number of benzene rings is 2. The molecule has 1 aliphatic rings. The van der Waals surface area contributed by atoms with Crippen molar-refractivity contribution in [2.75, 3.05) is 31.6 Å². The maximum Gasteiger partial charge on any atom is 0.111 e. The number of nitrogens with one attached hydrogen (secondary N) is 1. The van der Waals surface area contributed by atoms with Crippen LogP contribution in [-0.4, -0.2) is 36.2 Å². The molecule has 23 heavy (non-hydrogen) atoms. The average molecular weight is 324 g/mol. The van der Waals surface area contributed by atoms with Crippen LogP contribution < -0.4 is 5.32 Å². The summed E-state index contributed by atoms with van der Waals surface area (Å²) >= 11 is 5.75. The van der Waals surface area contributed by atoms with Gasteiger partial charge in [0.25, 0.3) is 0 Å². The lowest BCUT2D eigenvalue weighted by molar-refractivity contribution is 0.0696. The standard InChI is InChI=1S/C19H20N2OS/c23-19(21-11-13-22-14-12-21)18(16-7-3-1-4-8-16)15-20-17-9-5-2-6-10-17/h1-10,15,20H,11-14H2/b18-15-. The first-order valence-electron chi connectivity index (χ1n) is 7.79. The van der Waals surface area contributed by atoms with Crippen LogP contribution in [0.3, 0.4) is 0 Å². The van der Waals surface area contributed by atoms with Gasteiger partial charge in [0.1, 0.15) is 4.99 Å². The van der Waals surface area contributed by atoms with Gasteiger partial charge in [0.2, 0.25) is 0 Å². The van der Waals surface area contributed by atoms with E-state index in [0.717, 1.165) is 48.1 Å². The van der Waals surface area contributed by atoms with Crippen LogP contribution >= 0.6 is 12.2 Å². The summed E-state index contributed by atoms with van der Waals surface area (Å²) < 4.78 is 5.43. The van der Waals surface area contributed by atoms with E-state index in [1.165, 1.54) is 0 Å². The predicted octanol–water partition coefficient (Wildman–Crippen LogP) is 3.80. The van der Waals surface area contributed by atoms with Crippen molar-refractivity contribution in [1.29, 1.82) is 0 Å². The topological polar surface area (TPSA) is 24.5 Å². The molecule has 0 aliphatic carbocycles. The summed E-state index contributed by atoms with van der Waals surface area (Å²) in [5.74, 6) is 0. The van der Waals surface area contributed by atoms with Crippen molar-refractivity contribution in [3.63, 3.8) is 0 Å². The van der Waals surface area contributed by atoms with E-state index >= 15 is 0 Å². The van der Waals surface area contributed by atoms with E-state index in [0.29, 0.717) is 0 Å². The summed E-state index contributed by atoms with van der Waals surface area (Å²) in [5.41, 5.74) is 3.20. The van der Waals surface area contributed by atoms with E-state index in [1.54, 1.807) is 0 Å². The van der Waals surface area contributed by atoms with Crippen LogP contribution in [0.5, 0.6) is 0 Å². The minimum Gasteiger partial charge on any atom is -0.378 e. The Labute approximate surface area is 142 Å². The fourth-order valence-electron chi connectivity index (χ4n) is 2.51. The molecule has 1 saturated heterocycles. The SMILES string of the molecule is S=C(/C(=C\Nc1ccccc1)c1ccccc1)N1CCOCC1. The molecule has 2 aromatic rings. The lowest BCUT2D eigenvalue weighted by Crippen LogP contribution is -2.40. The molecule has 118 valence electrons. The highest BCUT2D eigenvalue weighted by molar-refractivity contribution is 7.81. The van der Waals surface area contributed by atoms with Crippen molar-refractivity contribution in [1.82, 2.24) is 4.90 Å². The number of hydrogen-bond acceptors (Lipinski definition) is 3. The molecule has 0 atom stereocenters. The molecule has 1 fully saturated rings. The van der Waals surface area contributed by atoms with E-state index in [1.807, 2.05) is 54.7 Å². The van der Waals surface area contributed by atoms with E-state index < -0.39 is 0 Å². The van der Waals surface area contributed by atoms with Crippen LogP contribution in [0.1, 0.15) is 5.56 Å². The number of para-hydroxylation sites is 1. The summed E-state index contributed by atoms with van der Waals surface area (Å²) in [6.07, 6.45) is 2.00. The Morgan fingerprint density at radius 2 is 1.57 bits per heavy atom. The summed E-state index contributed by atoms with van der Waals surface area (Å²) in [4.78, 5) is 3.08. The highest BCUT2D eigenvalue weighted by Crippen LogP contribution is 2.20. The number of ether oxygens (including phenoxy) is 1. The summed E-state index contributed by atoms with van der Waals surface area (Å²) in [5, 5.41) is 3.36. The molecule has 0 aromatic heterocycles. The molecule has 0 saturated carbocycles. The van der Waals surface area contributed by atoms with Gasteiger partial charge in [0.15, 0.2) is 0 Å². The quantitative estimate of drug-likeness (QED) is 0.683. The van der Waals surface area contributed by atoms with Gasteiger partial charge in [-0.05, 0) is 17.7 Å². The number of anilines is 1. The highest BCUT2D eigenvalue weighted by atomic mass is 32.1. The molecule has 0 radical (unpaired) electrons. The van der Waals surface area contributed by atoms with E-state index in [2.05, 4.69) is 22.3 Å². The predicted molar refractivity (Wildman–Crippen MR) is 99.5 cm³/mol. The van der Waals surface area contributed by atoms with Crippen LogP contribution in [0, 0.1) is 0 Å². The number of hydrogen-bond donors (Lipinski definition) is 1. The zero-order chi connectivity index (χ0) is 15.9. The Kier molecular flexibility index (Phi) is 5.40. The Hall–Kier alpha value is -2.17. The van der Waals surface area contributed by atoms with Gasteiger partial charge in [-0.15, -0.1) is 0 Å². The third-order valence-electron chi connectivity index (χ3n) is 3.77.